The molecule has 5 heteroatoms. The molecule has 0 spiro atoms. The number of nitrogens with zero attached hydrogens (tertiary/aromatic N) is 1. The molecule has 1 N–H and O–H groups in total. The standard InChI is InChI=1S/C18H23NO4/c1-4-15-11-13(2)17(23-15)18(21)19(9-10-20)12-14-7-5-6-8-16(14)22-3/h5-8,11,20H,4,9-10,12H2,1-3H3. The number of aliphatic hydroxyl groups is 1. The minimum absolute atomic E-state index is 0.110. The molecule has 1 aromatic carbocycles. The van der Waals surface area contributed by atoms with E-state index in [9.17, 15) is 9.90 Å². The van der Waals surface area contributed by atoms with E-state index in [1.807, 2.05) is 44.2 Å². The number of amides is 1. The number of aryl methyl sites for hydroxylation is 2. The van der Waals surface area contributed by atoms with Crippen LogP contribution in [-0.4, -0.2) is 36.2 Å². The lowest BCUT2D eigenvalue weighted by molar-refractivity contribution is 0.0672. The smallest absolute Gasteiger partial charge is 0.290 e. The molecule has 0 unspecified atom stereocenters. The molecule has 2 rings (SSSR count). The van der Waals surface area contributed by atoms with Gasteiger partial charge in [-0.05, 0) is 19.1 Å². The molecule has 1 aromatic heterocycles. The fourth-order valence-electron chi connectivity index (χ4n) is 2.49. The number of para-hydroxylation sites is 1. The average molecular weight is 317 g/mol. The third-order valence-electron chi connectivity index (χ3n) is 3.72. The van der Waals surface area contributed by atoms with Gasteiger partial charge in [-0.25, -0.2) is 0 Å². The zero-order chi connectivity index (χ0) is 16.8. The van der Waals surface area contributed by atoms with E-state index in [1.165, 1.54) is 0 Å². The van der Waals surface area contributed by atoms with Gasteiger partial charge in [-0.3, -0.25) is 4.79 Å². The summed E-state index contributed by atoms with van der Waals surface area (Å²) in [5.74, 6) is 1.62. The molecule has 2 aromatic rings. The van der Waals surface area contributed by atoms with Crippen LogP contribution in [0.4, 0.5) is 0 Å². The number of methoxy groups -OCH3 is 1. The fourth-order valence-corrected chi connectivity index (χ4v) is 2.49. The second kappa shape index (κ2) is 7.83. The van der Waals surface area contributed by atoms with Gasteiger partial charge >= 0.3 is 0 Å². The van der Waals surface area contributed by atoms with Gasteiger partial charge in [0, 0.05) is 30.6 Å². The van der Waals surface area contributed by atoms with Crippen LogP contribution in [-0.2, 0) is 13.0 Å². The van der Waals surface area contributed by atoms with Gasteiger partial charge in [-0.1, -0.05) is 25.1 Å². The van der Waals surface area contributed by atoms with Crippen LogP contribution < -0.4 is 4.74 Å². The molecule has 0 saturated carbocycles. The Labute approximate surface area is 136 Å². The highest BCUT2D eigenvalue weighted by molar-refractivity contribution is 5.93. The van der Waals surface area contributed by atoms with Crippen molar-refractivity contribution in [3.63, 3.8) is 0 Å². The molecule has 0 radical (unpaired) electrons. The maximum Gasteiger partial charge on any atom is 0.290 e. The number of furan rings is 1. The molecule has 5 nitrogen and oxygen atoms in total. The molecule has 0 bridgehead atoms. The molecular weight excluding hydrogens is 294 g/mol. The molecule has 0 saturated heterocycles. The molecular formula is C18H23NO4. The molecule has 0 aliphatic heterocycles. The Bertz CT molecular complexity index is 663. The highest BCUT2D eigenvalue weighted by atomic mass is 16.5. The van der Waals surface area contributed by atoms with E-state index in [-0.39, 0.29) is 19.1 Å². The molecule has 0 fully saturated rings. The second-order valence-electron chi connectivity index (χ2n) is 5.34. The van der Waals surface area contributed by atoms with E-state index in [1.54, 1.807) is 12.0 Å². The van der Waals surface area contributed by atoms with Crippen molar-refractivity contribution in [2.24, 2.45) is 0 Å². The molecule has 124 valence electrons. The third kappa shape index (κ3) is 3.93. The first kappa shape index (κ1) is 17.1. The van der Waals surface area contributed by atoms with Gasteiger partial charge in [0.05, 0.1) is 13.7 Å². The van der Waals surface area contributed by atoms with Crippen molar-refractivity contribution in [3.8, 4) is 5.75 Å². The summed E-state index contributed by atoms with van der Waals surface area (Å²) in [5, 5.41) is 9.30. The van der Waals surface area contributed by atoms with Crippen LogP contribution in [0.15, 0.2) is 34.7 Å². The Morgan fingerprint density at radius 2 is 2.09 bits per heavy atom. The van der Waals surface area contributed by atoms with E-state index < -0.39 is 0 Å². The Morgan fingerprint density at radius 3 is 2.70 bits per heavy atom. The zero-order valence-corrected chi connectivity index (χ0v) is 13.8. The number of carbonyl (C=O) groups excluding carboxylic acids is 1. The van der Waals surface area contributed by atoms with Crippen LogP contribution in [0.25, 0.3) is 0 Å². The molecule has 1 heterocycles. The topological polar surface area (TPSA) is 62.9 Å². The second-order valence-corrected chi connectivity index (χ2v) is 5.34. The number of rotatable bonds is 7. The number of carbonyl (C=O) groups is 1. The number of hydrogen-bond donors (Lipinski definition) is 1. The molecule has 23 heavy (non-hydrogen) atoms. The van der Waals surface area contributed by atoms with E-state index in [0.717, 1.165) is 23.3 Å². The summed E-state index contributed by atoms with van der Waals surface area (Å²) in [7, 11) is 1.60. The zero-order valence-electron chi connectivity index (χ0n) is 13.8. The Balaban J connectivity index is 2.26. The van der Waals surface area contributed by atoms with Crippen LogP contribution in [0.1, 0.15) is 34.4 Å². The SMILES string of the molecule is CCc1cc(C)c(C(=O)N(CCO)Cc2ccccc2OC)o1. The lowest BCUT2D eigenvalue weighted by atomic mass is 10.1. The lowest BCUT2D eigenvalue weighted by Crippen LogP contribution is -2.33. The Hall–Kier alpha value is -2.27. The first-order valence-corrected chi connectivity index (χ1v) is 7.72. The maximum absolute atomic E-state index is 12.8. The monoisotopic (exact) mass is 317 g/mol. The summed E-state index contributed by atoms with van der Waals surface area (Å²) in [5.41, 5.74) is 1.70. The van der Waals surface area contributed by atoms with E-state index in [4.69, 9.17) is 9.15 Å². The van der Waals surface area contributed by atoms with Crippen molar-refractivity contribution in [1.29, 1.82) is 0 Å². The van der Waals surface area contributed by atoms with Crippen LogP contribution >= 0.6 is 0 Å². The predicted molar refractivity (Wildman–Crippen MR) is 87.6 cm³/mol. The van der Waals surface area contributed by atoms with E-state index >= 15 is 0 Å². The minimum atomic E-state index is -0.220. The van der Waals surface area contributed by atoms with Crippen LogP contribution in [0.2, 0.25) is 0 Å². The lowest BCUT2D eigenvalue weighted by Gasteiger charge is -2.22. The highest BCUT2D eigenvalue weighted by Crippen LogP contribution is 2.22. The van der Waals surface area contributed by atoms with E-state index in [0.29, 0.717) is 18.1 Å². The number of ether oxygens (including phenoxy) is 1. The third-order valence-corrected chi connectivity index (χ3v) is 3.72. The quantitative estimate of drug-likeness (QED) is 0.853. The summed E-state index contributed by atoms with van der Waals surface area (Å²) >= 11 is 0. The average Bonchev–Trinajstić information content (AvgIpc) is 2.95. The number of benzene rings is 1. The number of hydrogen-bond acceptors (Lipinski definition) is 4. The van der Waals surface area contributed by atoms with E-state index in [2.05, 4.69) is 0 Å². The van der Waals surface area contributed by atoms with Crippen molar-refractivity contribution in [2.75, 3.05) is 20.3 Å². The summed E-state index contributed by atoms with van der Waals surface area (Å²) in [6.45, 7) is 4.31. The highest BCUT2D eigenvalue weighted by Gasteiger charge is 2.22. The number of aliphatic hydroxyl groups excluding tert-OH is 1. The van der Waals surface area contributed by atoms with Gasteiger partial charge in [0.2, 0.25) is 0 Å². The Morgan fingerprint density at radius 1 is 1.35 bits per heavy atom. The van der Waals surface area contributed by atoms with Gasteiger partial charge in [0.15, 0.2) is 5.76 Å². The molecule has 1 amide bonds. The first-order valence-electron chi connectivity index (χ1n) is 7.72. The predicted octanol–water partition coefficient (Wildman–Crippen LogP) is 2.79. The van der Waals surface area contributed by atoms with Crippen molar-refractivity contribution in [2.45, 2.75) is 26.8 Å². The first-order chi connectivity index (χ1) is 11.1. The van der Waals surface area contributed by atoms with Gasteiger partial charge in [-0.2, -0.15) is 0 Å². The molecule has 0 aliphatic carbocycles. The van der Waals surface area contributed by atoms with Gasteiger partial charge in [-0.15, -0.1) is 0 Å². The summed E-state index contributed by atoms with van der Waals surface area (Å²) in [4.78, 5) is 14.3. The molecule has 0 aliphatic rings. The van der Waals surface area contributed by atoms with Crippen molar-refractivity contribution in [1.82, 2.24) is 4.90 Å². The van der Waals surface area contributed by atoms with Crippen LogP contribution in [0.3, 0.4) is 0 Å². The summed E-state index contributed by atoms with van der Waals surface area (Å²) in [6, 6.07) is 9.41. The van der Waals surface area contributed by atoms with Crippen molar-refractivity contribution >= 4 is 5.91 Å². The normalized spacial score (nSPS) is 10.6. The van der Waals surface area contributed by atoms with Gasteiger partial charge in [0.1, 0.15) is 11.5 Å². The fraction of sp³-hybridized carbons (Fsp3) is 0.389. The van der Waals surface area contributed by atoms with Gasteiger partial charge in [0.25, 0.3) is 5.91 Å². The van der Waals surface area contributed by atoms with Crippen molar-refractivity contribution in [3.05, 3.63) is 53.0 Å². The van der Waals surface area contributed by atoms with Crippen LogP contribution in [0, 0.1) is 6.92 Å². The molecule has 0 atom stereocenters. The largest absolute Gasteiger partial charge is 0.496 e. The van der Waals surface area contributed by atoms with Gasteiger partial charge < -0.3 is 19.2 Å². The summed E-state index contributed by atoms with van der Waals surface area (Å²) < 4.78 is 11.0. The van der Waals surface area contributed by atoms with Crippen LogP contribution in [0.5, 0.6) is 5.75 Å². The van der Waals surface area contributed by atoms with Crippen molar-refractivity contribution < 1.29 is 19.1 Å². The minimum Gasteiger partial charge on any atom is -0.496 e. The maximum atomic E-state index is 12.8. The Kier molecular flexibility index (Phi) is 5.82. The summed E-state index contributed by atoms with van der Waals surface area (Å²) in [6.07, 6.45) is 0.737.